The van der Waals surface area contributed by atoms with Gasteiger partial charge in [-0.05, 0) is 43.2 Å². The molecule has 0 N–H and O–H groups in total. The molecule has 0 saturated heterocycles. The van der Waals surface area contributed by atoms with E-state index in [9.17, 15) is 13.6 Å². The lowest BCUT2D eigenvalue weighted by atomic mass is 9.77. The lowest BCUT2D eigenvalue weighted by molar-refractivity contribution is -0.0946. The Hall–Kier alpha value is -3.16. The van der Waals surface area contributed by atoms with E-state index in [0.717, 1.165) is 5.56 Å². The first-order chi connectivity index (χ1) is 13.9. The van der Waals surface area contributed by atoms with Crippen LogP contribution in [0.4, 0.5) is 8.78 Å². The second kappa shape index (κ2) is 6.43. The van der Waals surface area contributed by atoms with Gasteiger partial charge in [-0.15, -0.1) is 0 Å². The van der Waals surface area contributed by atoms with Crippen molar-refractivity contribution in [3.8, 4) is 28.6 Å². The van der Waals surface area contributed by atoms with Crippen molar-refractivity contribution in [3.05, 3.63) is 48.3 Å². The Morgan fingerprint density at radius 2 is 1.86 bits per heavy atom. The number of benzene rings is 1. The van der Waals surface area contributed by atoms with E-state index in [1.54, 1.807) is 36.7 Å². The lowest BCUT2D eigenvalue weighted by Crippen LogP contribution is -2.47. The predicted molar refractivity (Wildman–Crippen MR) is 98.7 cm³/mol. The second-order valence-electron chi connectivity index (χ2n) is 7.62. The Bertz CT molecular complexity index is 1070. The SMILES string of the molecule is O=C1CC2(CCC(F)(F)CC2)Oc2ccc(-c3nc(-c4cccnc4)no3)cc21. The van der Waals surface area contributed by atoms with Crippen molar-refractivity contribution < 1.29 is 22.8 Å². The van der Waals surface area contributed by atoms with Gasteiger partial charge >= 0.3 is 0 Å². The van der Waals surface area contributed by atoms with Gasteiger partial charge in [-0.3, -0.25) is 9.78 Å². The van der Waals surface area contributed by atoms with Gasteiger partial charge in [-0.25, -0.2) is 8.78 Å². The predicted octanol–water partition coefficient (Wildman–Crippen LogP) is 4.71. The molecule has 1 fully saturated rings. The zero-order valence-corrected chi connectivity index (χ0v) is 15.4. The van der Waals surface area contributed by atoms with Crippen LogP contribution in [0.5, 0.6) is 5.75 Å². The molecule has 1 saturated carbocycles. The van der Waals surface area contributed by atoms with Gasteiger partial charge in [0.25, 0.3) is 5.89 Å². The van der Waals surface area contributed by atoms with E-state index < -0.39 is 11.5 Å². The normalized spacial score (nSPS) is 19.6. The minimum atomic E-state index is -2.67. The number of ketones is 1. The van der Waals surface area contributed by atoms with Crippen LogP contribution in [0.2, 0.25) is 0 Å². The van der Waals surface area contributed by atoms with Crippen LogP contribution in [0.25, 0.3) is 22.8 Å². The van der Waals surface area contributed by atoms with Crippen LogP contribution >= 0.6 is 0 Å². The van der Waals surface area contributed by atoms with Gasteiger partial charge in [0.1, 0.15) is 11.4 Å². The smallest absolute Gasteiger partial charge is 0.258 e. The fourth-order valence-electron chi connectivity index (χ4n) is 3.93. The van der Waals surface area contributed by atoms with Crippen LogP contribution in [0.3, 0.4) is 0 Å². The number of aromatic nitrogens is 3. The number of carbonyl (C=O) groups is 1. The molecule has 0 bridgehead atoms. The summed E-state index contributed by atoms with van der Waals surface area (Å²) >= 11 is 0. The van der Waals surface area contributed by atoms with E-state index >= 15 is 0 Å². The molecule has 1 aromatic carbocycles. The summed E-state index contributed by atoms with van der Waals surface area (Å²) in [6, 6.07) is 8.64. The van der Waals surface area contributed by atoms with Crippen molar-refractivity contribution >= 4 is 5.78 Å². The Kier molecular flexibility index (Phi) is 3.97. The molecule has 6 nitrogen and oxygen atoms in total. The number of nitrogens with zero attached hydrogens (tertiary/aromatic N) is 3. The molecule has 1 aliphatic carbocycles. The van der Waals surface area contributed by atoms with E-state index in [1.807, 2.05) is 6.07 Å². The molecule has 0 amide bonds. The number of halogens is 2. The number of hydrogen-bond donors (Lipinski definition) is 0. The largest absolute Gasteiger partial charge is 0.486 e. The number of ether oxygens (including phenoxy) is 1. The average molecular weight is 397 g/mol. The van der Waals surface area contributed by atoms with Crippen molar-refractivity contribution in [2.45, 2.75) is 43.6 Å². The zero-order chi connectivity index (χ0) is 20.1. The molecule has 2 aromatic heterocycles. The summed E-state index contributed by atoms with van der Waals surface area (Å²) in [7, 11) is 0. The first kappa shape index (κ1) is 17.9. The molecule has 0 unspecified atom stereocenters. The van der Waals surface area contributed by atoms with Crippen molar-refractivity contribution in [3.63, 3.8) is 0 Å². The topological polar surface area (TPSA) is 78.1 Å². The van der Waals surface area contributed by atoms with Gasteiger partial charge < -0.3 is 9.26 Å². The molecule has 3 aromatic rings. The van der Waals surface area contributed by atoms with E-state index in [-0.39, 0.29) is 43.8 Å². The summed E-state index contributed by atoms with van der Waals surface area (Å²) in [5, 5.41) is 3.96. The van der Waals surface area contributed by atoms with E-state index in [2.05, 4.69) is 15.1 Å². The van der Waals surface area contributed by atoms with Gasteiger partial charge in [0.15, 0.2) is 5.78 Å². The number of Topliss-reactive ketones (excluding diaryl/α,β-unsaturated/α-hetero) is 1. The number of alkyl halides is 2. The maximum absolute atomic E-state index is 13.5. The number of carbonyl (C=O) groups excluding carboxylic acids is 1. The maximum Gasteiger partial charge on any atom is 0.258 e. The zero-order valence-electron chi connectivity index (χ0n) is 15.4. The lowest BCUT2D eigenvalue weighted by Gasteiger charge is -2.42. The minimum Gasteiger partial charge on any atom is -0.486 e. The third-order valence-corrected chi connectivity index (χ3v) is 5.57. The highest BCUT2D eigenvalue weighted by molar-refractivity contribution is 6.01. The highest BCUT2D eigenvalue weighted by Crippen LogP contribution is 2.46. The van der Waals surface area contributed by atoms with Gasteiger partial charge in [0, 0.05) is 36.4 Å². The summed E-state index contributed by atoms with van der Waals surface area (Å²) < 4.78 is 38.5. The standard InChI is InChI=1S/C21H17F2N3O3/c22-21(23)7-5-20(6-8-21)11-16(27)15-10-13(3-4-17(15)28-20)19-25-18(26-29-19)14-2-1-9-24-12-14/h1-4,9-10,12H,5-8,11H2. The Labute approximate surface area is 164 Å². The van der Waals surface area contributed by atoms with Crippen molar-refractivity contribution in [2.75, 3.05) is 0 Å². The van der Waals surface area contributed by atoms with Crippen molar-refractivity contribution in [1.29, 1.82) is 0 Å². The maximum atomic E-state index is 13.5. The molecule has 148 valence electrons. The van der Waals surface area contributed by atoms with Crippen LogP contribution in [-0.2, 0) is 0 Å². The van der Waals surface area contributed by atoms with E-state index in [0.29, 0.717) is 22.7 Å². The molecular weight excluding hydrogens is 380 g/mol. The fourth-order valence-corrected chi connectivity index (χ4v) is 3.93. The highest BCUT2D eigenvalue weighted by Gasteiger charge is 2.48. The Morgan fingerprint density at radius 1 is 1.03 bits per heavy atom. The Balaban J connectivity index is 1.42. The molecule has 29 heavy (non-hydrogen) atoms. The summed E-state index contributed by atoms with van der Waals surface area (Å²) in [6.07, 6.45) is 3.21. The summed E-state index contributed by atoms with van der Waals surface area (Å²) in [4.78, 5) is 21.2. The third-order valence-electron chi connectivity index (χ3n) is 5.57. The van der Waals surface area contributed by atoms with Crippen LogP contribution < -0.4 is 4.74 Å². The third kappa shape index (κ3) is 3.28. The van der Waals surface area contributed by atoms with E-state index in [1.165, 1.54) is 0 Å². The van der Waals surface area contributed by atoms with Crippen molar-refractivity contribution in [1.82, 2.24) is 15.1 Å². The second-order valence-corrected chi connectivity index (χ2v) is 7.62. The monoisotopic (exact) mass is 397 g/mol. The van der Waals surface area contributed by atoms with Crippen LogP contribution in [-0.4, -0.2) is 32.4 Å². The fraction of sp³-hybridized carbons (Fsp3) is 0.333. The highest BCUT2D eigenvalue weighted by atomic mass is 19.3. The molecule has 5 rings (SSSR count). The van der Waals surface area contributed by atoms with Gasteiger partial charge in [-0.1, -0.05) is 5.16 Å². The molecule has 3 heterocycles. The average Bonchev–Trinajstić information content (AvgIpc) is 3.22. The quantitative estimate of drug-likeness (QED) is 0.623. The molecule has 1 spiro atoms. The minimum absolute atomic E-state index is 0.101. The Morgan fingerprint density at radius 3 is 2.62 bits per heavy atom. The summed E-state index contributed by atoms with van der Waals surface area (Å²) in [6.45, 7) is 0. The molecule has 0 radical (unpaired) electrons. The van der Waals surface area contributed by atoms with Crippen LogP contribution in [0.1, 0.15) is 42.5 Å². The van der Waals surface area contributed by atoms with E-state index in [4.69, 9.17) is 9.26 Å². The molecular formula is C21H17F2N3O3. The molecule has 1 aliphatic heterocycles. The molecule has 2 aliphatic rings. The van der Waals surface area contributed by atoms with Gasteiger partial charge in [-0.2, -0.15) is 4.98 Å². The number of rotatable bonds is 2. The number of pyridine rings is 1. The van der Waals surface area contributed by atoms with Gasteiger partial charge in [0.2, 0.25) is 11.7 Å². The number of hydrogen-bond acceptors (Lipinski definition) is 6. The number of fused-ring (bicyclic) bond motifs is 1. The van der Waals surface area contributed by atoms with Crippen LogP contribution in [0, 0.1) is 0 Å². The summed E-state index contributed by atoms with van der Waals surface area (Å²) in [5.74, 6) is -1.70. The summed E-state index contributed by atoms with van der Waals surface area (Å²) in [5.41, 5.74) is 0.891. The first-order valence-corrected chi connectivity index (χ1v) is 9.42. The van der Waals surface area contributed by atoms with Crippen LogP contribution in [0.15, 0.2) is 47.2 Å². The molecule has 0 atom stereocenters. The van der Waals surface area contributed by atoms with Gasteiger partial charge in [0.05, 0.1) is 12.0 Å². The van der Waals surface area contributed by atoms with Crippen molar-refractivity contribution in [2.24, 2.45) is 0 Å². The molecule has 8 heteroatoms. The first-order valence-electron chi connectivity index (χ1n) is 9.42.